The minimum atomic E-state index is -0.383. The van der Waals surface area contributed by atoms with E-state index in [0.717, 1.165) is 36.3 Å². The average molecular weight is 344 g/mol. The molecule has 0 saturated carbocycles. The number of aromatic amines is 1. The standard InChI is InChI=1S/C19H24N2O4/c1-4-5-6-18-20-11-17(21-18)16(12-25-13(2)22)14-7-9-15(10-8-14)19(23)24-3/h7-11,16H,4-6,12H2,1-3H3,(H,20,21). The van der Waals surface area contributed by atoms with Crippen molar-refractivity contribution in [2.24, 2.45) is 0 Å². The zero-order valence-electron chi connectivity index (χ0n) is 14.9. The summed E-state index contributed by atoms with van der Waals surface area (Å²) in [5.74, 6) is 0.0442. The first kappa shape index (κ1) is 18.7. The van der Waals surface area contributed by atoms with Crippen LogP contribution in [0.4, 0.5) is 0 Å². The molecular weight excluding hydrogens is 320 g/mol. The zero-order chi connectivity index (χ0) is 18.2. The van der Waals surface area contributed by atoms with Gasteiger partial charge >= 0.3 is 11.9 Å². The van der Waals surface area contributed by atoms with Crippen molar-refractivity contribution in [2.45, 2.75) is 39.0 Å². The summed E-state index contributed by atoms with van der Waals surface area (Å²) in [4.78, 5) is 30.5. The summed E-state index contributed by atoms with van der Waals surface area (Å²) >= 11 is 0. The number of nitrogens with zero attached hydrogens (tertiary/aromatic N) is 1. The molecule has 25 heavy (non-hydrogen) atoms. The van der Waals surface area contributed by atoms with Crippen molar-refractivity contribution in [3.63, 3.8) is 0 Å². The molecule has 1 heterocycles. The highest BCUT2D eigenvalue weighted by molar-refractivity contribution is 5.89. The SMILES string of the molecule is CCCCc1ncc(C(COC(C)=O)c2ccc(C(=O)OC)cc2)[nH]1. The van der Waals surface area contributed by atoms with Crippen LogP contribution in [0.1, 0.15) is 60.0 Å². The Bertz CT molecular complexity index is 706. The highest BCUT2D eigenvalue weighted by Crippen LogP contribution is 2.25. The molecule has 2 aromatic rings. The number of rotatable bonds is 8. The van der Waals surface area contributed by atoms with Crippen LogP contribution in [-0.4, -0.2) is 35.6 Å². The molecular formula is C19H24N2O4. The second-order valence-electron chi connectivity index (χ2n) is 5.86. The summed E-state index contributed by atoms with van der Waals surface area (Å²) in [5, 5.41) is 0. The number of methoxy groups -OCH3 is 1. The Balaban J connectivity index is 2.24. The van der Waals surface area contributed by atoms with Crippen LogP contribution in [0.15, 0.2) is 30.5 Å². The van der Waals surface area contributed by atoms with Crippen molar-refractivity contribution < 1.29 is 19.1 Å². The topological polar surface area (TPSA) is 81.3 Å². The number of hydrogen-bond acceptors (Lipinski definition) is 5. The van der Waals surface area contributed by atoms with Crippen LogP contribution in [0.25, 0.3) is 0 Å². The van der Waals surface area contributed by atoms with Crippen LogP contribution in [-0.2, 0) is 20.7 Å². The van der Waals surface area contributed by atoms with E-state index in [9.17, 15) is 9.59 Å². The van der Waals surface area contributed by atoms with Gasteiger partial charge in [0.05, 0.1) is 18.6 Å². The number of nitrogens with one attached hydrogen (secondary N) is 1. The Morgan fingerprint density at radius 2 is 1.96 bits per heavy atom. The third kappa shape index (κ3) is 5.17. The lowest BCUT2D eigenvalue weighted by Gasteiger charge is -2.16. The number of aryl methyl sites for hydroxylation is 1. The largest absolute Gasteiger partial charge is 0.465 e. The van der Waals surface area contributed by atoms with Crippen LogP contribution in [0.2, 0.25) is 0 Å². The smallest absolute Gasteiger partial charge is 0.337 e. The summed E-state index contributed by atoms with van der Waals surface area (Å²) in [6.07, 6.45) is 4.84. The van der Waals surface area contributed by atoms with E-state index in [4.69, 9.17) is 9.47 Å². The first-order valence-corrected chi connectivity index (χ1v) is 8.40. The van der Waals surface area contributed by atoms with Crippen LogP contribution >= 0.6 is 0 Å². The molecule has 0 radical (unpaired) electrons. The Morgan fingerprint density at radius 1 is 1.24 bits per heavy atom. The average Bonchev–Trinajstić information content (AvgIpc) is 3.08. The molecule has 1 N–H and O–H groups in total. The minimum Gasteiger partial charge on any atom is -0.465 e. The van der Waals surface area contributed by atoms with E-state index in [2.05, 4.69) is 16.9 Å². The highest BCUT2D eigenvalue weighted by Gasteiger charge is 2.19. The lowest BCUT2D eigenvalue weighted by Crippen LogP contribution is -2.13. The Morgan fingerprint density at radius 3 is 2.56 bits per heavy atom. The van der Waals surface area contributed by atoms with E-state index in [1.807, 2.05) is 12.1 Å². The molecule has 2 rings (SSSR count). The monoisotopic (exact) mass is 344 g/mol. The van der Waals surface area contributed by atoms with Crippen LogP contribution in [0.3, 0.4) is 0 Å². The van der Waals surface area contributed by atoms with Gasteiger partial charge < -0.3 is 14.5 Å². The number of H-pyrrole nitrogens is 1. The number of esters is 2. The lowest BCUT2D eigenvalue weighted by atomic mass is 9.96. The molecule has 0 amide bonds. The van der Waals surface area contributed by atoms with Gasteiger partial charge in [0, 0.05) is 25.2 Å². The van der Waals surface area contributed by atoms with Crippen molar-refractivity contribution in [3.8, 4) is 0 Å². The van der Waals surface area contributed by atoms with E-state index >= 15 is 0 Å². The van der Waals surface area contributed by atoms with E-state index in [1.54, 1.807) is 18.3 Å². The van der Waals surface area contributed by atoms with Crippen molar-refractivity contribution >= 4 is 11.9 Å². The second-order valence-corrected chi connectivity index (χ2v) is 5.86. The van der Waals surface area contributed by atoms with Crippen molar-refractivity contribution in [1.82, 2.24) is 9.97 Å². The first-order chi connectivity index (χ1) is 12.0. The predicted octanol–water partition coefficient (Wildman–Crippen LogP) is 3.23. The number of carbonyl (C=O) groups excluding carboxylic acids is 2. The maximum absolute atomic E-state index is 11.6. The third-order valence-electron chi connectivity index (χ3n) is 3.98. The van der Waals surface area contributed by atoms with E-state index in [-0.39, 0.29) is 24.5 Å². The van der Waals surface area contributed by atoms with Gasteiger partial charge in [-0.05, 0) is 24.1 Å². The molecule has 0 aliphatic carbocycles. The van der Waals surface area contributed by atoms with Gasteiger partial charge in [0.1, 0.15) is 12.4 Å². The Hall–Kier alpha value is -2.63. The van der Waals surface area contributed by atoms with E-state index < -0.39 is 0 Å². The Kier molecular flexibility index (Phi) is 6.74. The summed E-state index contributed by atoms with van der Waals surface area (Å²) in [5.41, 5.74) is 2.29. The number of ether oxygens (including phenoxy) is 2. The lowest BCUT2D eigenvalue weighted by molar-refractivity contribution is -0.141. The van der Waals surface area contributed by atoms with Gasteiger partial charge in [0.15, 0.2) is 0 Å². The summed E-state index contributed by atoms with van der Waals surface area (Å²) < 4.78 is 9.94. The van der Waals surface area contributed by atoms with Crippen LogP contribution in [0.5, 0.6) is 0 Å². The number of unbranched alkanes of at least 4 members (excludes halogenated alkanes) is 1. The molecule has 6 nitrogen and oxygen atoms in total. The normalized spacial score (nSPS) is 11.8. The summed E-state index contributed by atoms with van der Waals surface area (Å²) in [6.45, 7) is 3.73. The number of aromatic nitrogens is 2. The minimum absolute atomic E-state index is 0.168. The molecule has 6 heteroatoms. The van der Waals surface area contributed by atoms with Crippen LogP contribution in [0, 0.1) is 0 Å². The molecule has 1 unspecified atom stereocenters. The van der Waals surface area contributed by atoms with Crippen molar-refractivity contribution in [3.05, 3.63) is 53.1 Å². The van der Waals surface area contributed by atoms with Gasteiger partial charge in [-0.3, -0.25) is 4.79 Å². The summed E-state index contributed by atoms with van der Waals surface area (Å²) in [7, 11) is 1.35. The number of hydrogen-bond donors (Lipinski definition) is 1. The number of imidazole rings is 1. The predicted molar refractivity (Wildman–Crippen MR) is 93.5 cm³/mol. The fourth-order valence-corrected chi connectivity index (χ4v) is 2.56. The van der Waals surface area contributed by atoms with Gasteiger partial charge in [-0.2, -0.15) is 0 Å². The van der Waals surface area contributed by atoms with Gasteiger partial charge in [0.2, 0.25) is 0 Å². The van der Waals surface area contributed by atoms with Gasteiger partial charge in [-0.15, -0.1) is 0 Å². The maximum Gasteiger partial charge on any atom is 0.337 e. The molecule has 1 aromatic carbocycles. The zero-order valence-corrected chi connectivity index (χ0v) is 14.9. The van der Waals surface area contributed by atoms with Gasteiger partial charge in [-0.1, -0.05) is 25.5 Å². The second kappa shape index (κ2) is 9.01. The molecule has 0 aliphatic heterocycles. The van der Waals surface area contributed by atoms with Crippen molar-refractivity contribution in [2.75, 3.05) is 13.7 Å². The molecule has 1 aromatic heterocycles. The first-order valence-electron chi connectivity index (χ1n) is 8.40. The fraction of sp³-hybridized carbons (Fsp3) is 0.421. The molecule has 0 spiro atoms. The quantitative estimate of drug-likeness (QED) is 0.744. The fourth-order valence-electron chi connectivity index (χ4n) is 2.56. The molecule has 0 aliphatic rings. The summed E-state index contributed by atoms with van der Waals surface area (Å²) in [6, 6.07) is 7.09. The van der Waals surface area contributed by atoms with Gasteiger partial charge in [0.25, 0.3) is 0 Å². The molecule has 1 atom stereocenters. The third-order valence-corrected chi connectivity index (χ3v) is 3.98. The molecule has 0 bridgehead atoms. The molecule has 134 valence electrons. The van der Waals surface area contributed by atoms with E-state index in [0.29, 0.717) is 5.56 Å². The van der Waals surface area contributed by atoms with Crippen LogP contribution < -0.4 is 0 Å². The molecule has 0 saturated heterocycles. The number of carbonyl (C=O) groups is 2. The highest BCUT2D eigenvalue weighted by atomic mass is 16.5. The van der Waals surface area contributed by atoms with Gasteiger partial charge in [-0.25, -0.2) is 9.78 Å². The van der Waals surface area contributed by atoms with E-state index in [1.165, 1.54) is 14.0 Å². The molecule has 0 fully saturated rings. The number of benzene rings is 1. The van der Waals surface area contributed by atoms with Crippen molar-refractivity contribution in [1.29, 1.82) is 0 Å². The Labute approximate surface area is 147 Å². The maximum atomic E-state index is 11.6.